The van der Waals surface area contributed by atoms with E-state index in [-0.39, 0.29) is 17.6 Å². The van der Waals surface area contributed by atoms with Gasteiger partial charge >= 0.3 is 0 Å². The Balaban J connectivity index is 1.24. The molecule has 2 saturated heterocycles. The Morgan fingerprint density at radius 2 is 1.94 bits per heavy atom. The van der Waals surface area contributed by atoms with Crippen molar-refractivity contribution in [3.63, 3.8) is 0 Å². The van der Waals surface area contributed by atoms with Crippen molar-refractivity contribution in [3.05, 3.63) is 30.3 Å². The first-order chi connectivity index (χ1) is 16.9. The summed E-state index contributed by atoms with van der Waals surface area (Å²) in [5, 5.41) is 12.6. The molecule has 10 heteroatoms. The summed E-state index contributed by atoms with van der Waals surface area (Å²) < 4.78 is 7.53. The van der Waals surface area contributed by atoms with E-state index in [1.807, 2.05) is 22.7 Å². The monoisotopic (exact) mass is 497 g/mol. The van der Waals surface area contributed by atoms with Gasteiger partial charge in [0.1, 0.15) is 5.69 Å². The maximum absolute atomic E-state index is 12.4. The average Bonchev–Trinajstić information content (AvgIpc) is 3.56. The zero-order valence-electron chi connectivity index (χ0n) is 20.8. The van der Waals surface area contributed by atoms with E-state index in [0.29, 0.717) is 13.1 Å². The lowest BCUT2D eigenvalue weighted by Gasteiger charge is -2.33. The molecule has 2 N–H and O–H groups in total. The summed E-state index contributed by atoms with van der Waals surface area (Å²) in [6, 6.07) is 10.2. The van der Waals surface area contributed by atoms with E-state index < -0.39 is 0 Å². The van der Waals surface area contributed by atoms with Crippen molar-refractivity contribution in [1.82, 2.24) is 24.8 Å². The number of nitrogens with one attached hydrogen (secondary N) is 2. The fraction of sp³-hybridized carbons (Fsp3) is 0.560. The van der Waals surface area contributed by atoms with Gasteiger partial charge in [0, 0.05) is 50.4 Å². The summed E-state index contributed by atoms with van der Waals surface area (Å²) in [4.78, 5) is 22.7. The van der Waals surface area contributed by atoms with Crippen molar-refractivity contribution in [1.29, 1.82) is 0 Å². The number of nitrogens with zero attached hydrogens (tertiary/aromatic N) is 5. The molecule has 0 radical (unpaired) electrons. The van der Waals surface area contributed by atoms with Gasteiger partial charge in [0.2, 0.25) is 16.0 Å². The van der Waals surface area contributed by atoms with Crippen molar-refractivity contribution in [2.45, 2.75) is 45.3 Å². The minimum absolute atomic E-state index is 0.0769. The molecule has 1 unspecified atom stereocenters. The number of rotatable bonds is 7. The van der Waals surface area contributed by atoms with E-state index in [0.717, 1.165) is 72.8 Å². The van der Waals surface area contributed by atoms with Crippen LogP contribution in [-0.4, -0.2) is 82.9 Å². The highest BCUT2D eigenvalue weighted by molar-refractivity contribution is 7.20. The van der Waals surface area contributed by atoms with Crippen molar-refractivity contribution in [3.8, 4) is 11.3 Å². The molecule has 1 aromatic carbocycles. The number of hydrogen-bond donors (Lipinski definition) is 2. The molecule has 35 heavy (non-hydrogen) atoms. The van der Waals surface area contributed by atoms with E-state index in [2.05, 4.69) is 53.3 Å². The SMILES string of the molecule is CC(C)(C)Nc1c(-c2ccccc2)nc2sc(N3CCN(CC(=O)NCC4CCCO4)CC3)nn12. The third-order valence-electron chi connectivity index (χ3n) is 6.29. The standard InChI is InChI=1S/C25H35N7O2S/c1-25(2,3)28-22-21(18-8-5-4-6-9-18)27-23-32(22)29-24(35-23)31-13-11-30(12-14-31)17-20(33)26-16-19-10-7-15-34-19/h4-6,8-9,19,28H,7,10-17H2,1-3H3,(H,26,33). The highest BCUT2D eigenvalue weighted by atomic mass is 32.1. The summed E-state index contributed by atoms with van der Waals surface area (Å²) in [6.07, 6.45) is 2.31. The van der Waals surface area contributed by atoms with Crippen molar-refractivity contribution in [2.24, 2.45) is 0 Å². The fourth-order valence-corrected chi connectivity index (χ4v) is 5.47. The van der Waals surface area contributed by atoms with Gasteiger partial charge in [0.15, 0.2) is 5.82 Å². The van der Waals surface area contributed by atoms with Gasteiger partial charge in [-0.2, -0.15) is 4.52 Å². The molecule has 9 nitrogen and oxygen atoms in total. The van der Waals surface area contributed by atoms with Gasteiger partial charge in [-0.3, -0.25) is 9.69 Å². The number of hydrogen-bond acceptors (Lipinski definition) is 8. The Labute approximate surface area is 210 Å². The lowest BCUT2D eigenvalue weighted by atomic mass is 10.1. The topological polar surface area (TPSA) is 87.0 Å². The summed E-state index contributed by atoms with van der Waals surface area (Å²) in [5.74, 6) is 0.996. The molecule has 0 saturated carbocycles. The highest BCUT2D eigenvalue weighted by Crippen LogP contribution is 2.34. The van der Waals surface area contributed by atoms with Gasteiger partial charge < -0.3 is 20.3 Å². The summed E-state index contributed by atoms with van der Waals surface area (Å²) >= 11 is 1.61. The maximum Gasteiger partial charge on any atom is 0.234 e. The van der Waals surface area contributed by atoms with Gasteiger partial charge in [-0.25, -0.2) is 4.98 Å². The molecule has 2 aromatic heterocycles. The molecule has 3 aromatic rings. The molecule has 0 spiro atoms. The van der Waals surface area contributed by atoms with Gasteiger partial charge in [-0.15, -0.1) is 5.10 Å². The Morgan fingerprint density at radius 1 is 1.17 bits per heavy atom. The third kappa shape index (κ3) is 5.76. The Hall–Kier alpha value is -2.69. The predicted molar refractivity (Wildman–Crippen MR) is 140 cm³/mol. The van der Waals surface area contributed by atoms with Crippen molar-refractivity contribution >= 4 is 33.2 Å². The first-order valence-corrected chi connectivity index (χ1v) is 13.3. The Bertz CT molecular complexity index is 1140. The van der Waals surface area contributed by atoms with Crippen LogP contribution >= 0.6 is 11.3 Å². The average molecular weight is 498 g/mol. The van der Waals surface area contributed by atoms with E-state index in [1.165, 1.54) is 0 Å². The number of imidazole rings is 1. The number of anilines is 2. The smallest absolute Gasteiger partial charge is 0.234 e. The van der Waals surface area contributed by atoms with Crippen molar-refractivity contribution in [2.75, 3.05) is 56.1 Å². The van der Waals surface area contributed by atoms with Crippen LogP contribution in [0.3, 0.4) is 0 Å². The molecule has 0 bridgehead atoms. The second kappa shape index (κ2) is 10.1. The van der Waals surface area contributed by atoms with Crippen molar-refractivity contribution < 1.29 is 9.53 Å². The minimum Gasteiger partial charge on any atom is -0.376 e. The van der Waals surface area contributed by atoms with Crippen LogP contribution in [-0.2, 0) is 9.53 Å². The molecule has 2 aliphatic rings. The summed E-state index contributed by atoms with van der Waals surface area (Å²) in [5.41, 5.74) is 1.87. The normalized spacial score (nSPS) is 19.4. The van der Waals surface area contributed by atoms with Crippen LogP contribution in [0.25, 0.3) is 16.2 Å². The van der Waals surface area contributed by atoms with Gasteiger partial charge in [-0.05, 0) is 33.6 Å². The zero-order valence-corrected chi connectivity index (χ0v) is 21.6. The number of aromatic nitrogens is 3. The number of piperazine rings is 1. The molecule has 188 valence electrons. The maximum atomic E-state index is 12.4. The number of ether oxygens (including phenoxy) is 1. The lowest BCUT2D eigenvalue weighted by molar-refractivity contribution is -0.122. The number of fused-ring (bicyclic) bond motifs is 1. The minimum atomic E-state index is -0.126. The highest BCUT2D eigenvalue weighted by Gasteiger charge is 2.26. The van der Waals surface area contributed by atoms with Gasteiger partial charge in [0.05, 0.1) is 12.6 Å². The molecule has 2 aliphatic heterocycles. The second-order valence-corrected chi connectivity index (χ2v) is 11.3. The summed E-state index contributed by atoms with van der Waals surface area (Å²) in [6.45, 7) is 11.6. The van der Waals surface area contributed by atoms with Gasteiger partial charge in [0.25, 0.3) is 0 Å². The summed E-state index contributed by atoms with van der Waals surface area (Å²) in [7, 11) is 0. The van der Waals surface area contributed by atoms with Crippen LogP contribution < -0.4 is 15.5 Å². The largest absolute Gasteiger partial charge is 0.376 e. The van der Waals surface area contributed by atoms with E-state index >= 15 is 0 Å². The number of benzene rings is 1. The van der Waals surface area contributed by atoms with Crippen LogP contribution in [0.5, 0.6) is 0 Å². The number of carbonyl (C=O) groups excluding carboxylic acids is 1. The molecule has 4 heterocycles. The van der Waals surface area contributed by atoms with Crippen LogP contribution in [0.15, 0.2) is 30.3 Å². The quantitative estimate of drug-likeness (QED) is 0.519. The van der Waals surface area contributed by atoms with Gasteiger partial charge in [-0.1, -0.05) is 41.7 Å². The second-order valence-electron chi connectivity index (χ2n) is 10.3. The molecule has 1 amide bonds. The Kier molecular flexibility index (Phi) is 6.95. The first kappa shape index (κ1) is 24.0. The van der Waals surface area contributed by atoms with Crippen LogP contribution in [0.1, 0.15) is 33.6 Å². The van der Waals surface area contributed by atoms with Crippen LogP contribution in [0.2, 0.25) is 0 Å². The Morgan fingerprint density at radius 3 is 2.63 bits per heavy atom. The third-order valence-corrected chi connectivity index (χ3v) is 7.26. The number of carbonyl (C=O) groups is 1. The zero-order chi connectivity index (χ0) is 24.4. The van der Waals surface area contributed by atoms with E-state index in [4.69, 9.17) is 14.8 Å². The van der Waals surface area contributed by atoms with E-state index in [9.17, 15) is 4.79 Å². The first-order valence-electron chi connectivity index (χ1n) is 12.4. The molecule has 1 atom stereocenters. The molecular formula is C25H35N7O2S. The molecular weight excluding hydrogens is 462 g/mol. The molecule has 2 fully saturated rings. The van der Waals surface area contributed by atoms with Crippen LogP contribution in [0.4, 0.5) is 10.9 Å². The predicted octanol–water partition coefficient (Wildman–Crippen LogP) is 3.09. The lowest BCUT2D eigenvalue weighted by Crippen LogP contribution is -2.50. The van der Waals surface area contributed by atoms with E-state index in [1.54, 1.807) is 11.3 Å². The number of amides is 1. The fourth-order valence-electron chi connectivity index (χ4n) is 4.52. The molecule has 5 rings (SSSR count). The van der Waals surface area contributed by atoms with Crippen LogP contribution in [0, 0.1) is 0 Å². The molecule has 0 aliphatic carbocycles.